The van der Waals surface area contributed by atoms with Gasteiger partial charge in [0.05, 0.1) is 6.54 Å². The predicted octanol–water partition coefficient (Wildman–Crippen LogP) is 12.6. The van der Waals surface area contributed by atoms with Gasteiger partial charge in [-0.3, -0.25) is 4.99 Å². The molecule has 0 aliphatic rings. The third kappa shape index (κ3) is 5.13. The topological polar surface area (TPSA) is 63.4 Å². The predicted molar refractivity (Wildman–Crippen MR) is 221 cm³/mol. The van der Waals surface area contributed by atoms with E-state index in [0.717, 1.165) is 77.1 Å². The molecule has 0 aliphatic carbocycles. The molecule has 5 heteroatoms. The fraction of sp³-hybridized carbons (Fsp3) is 0.0208. The molecule has 8 aromatic carbocycles. The summed E-state index contributed by atoms with van der Waals surface area (Å²) >= 11 is 0. The molecule has 250 valence electrons. The SMILES string of the molecule is C=N/C(=N\C(=N/Cc1cc2ccccc2c2ccccc12)c1cccc2oc3cccc(-c4cccc5oc6ccccc6c45)c3c12)c1ccccc1. The van der Waals surface area contributed by atoms with Crippen LogP contribution in [0.1, 0.15) is 16.7 Å². The van der Waals surface area contributed by atoms with Gasteiger partial charge < -0.3 is 8.83 Å². The van der Waals surface area contributed by atoms with E-state index in [9.17, 15) is 0 Å². The van der Waals surface area contributed by atoms with Gasteiger partial charge in [0.25, 0.3) is 0 Å². The van der Waals surface area contributed by atoms with Gasteiger partial charge in [-0.05, 0) is 75.3 Å². The molecule has 53 heavy (non-hydrogen) atoms. The quantitative estimate of drug-likeness (QED) is 0.103. The van der Waals surface area contributed by atoms with Crippen LogP contribution in [0.3, 0.4) is 0 Å². The zero-order chi connectivity index (χ0) is 35.3. The van der Waals surface area contributed by atoms with Gasteiger partial charge >= 0.3 is 0 Å². The van der Waals surface area contributed by atoms with E-state index in [4.69, 9.17) is 18.8 Å². The molecule has 0 bridgehead atoms. The fourth-order valence-electron chi connectivity index (χ4n) is 7.76. The number of fused-ring (bicyclic) bond motifs is 9. The molecule has 0 radical (unpaired) electrons. The van der Waals surface area contributed by atoms with Crippen molar-refractivity contribution in [1.82, 2.24) is 0 Å². The number of furan rings is 2. The molecule has 5 nitrogen and oxygen atoms in total. The van der Waals surface area contributed by atoms with Crippen LogP contribution in [0.5, 0.6) is 0 Å². The molecule has 0 fully saturated rings. The maximum absolute atomic E-state index is 6.61. The Balaban J connectivity index is 1.24. The van der Waals surface area contributed by atoms with Gasteiger partial charge in [-0.1, -0.05) is 133 Å². The van der Waals surface area contributed by atoms with Crippen molar-refractivity contribution in [2.45, 2.75) is 6.54 Å². The summed E-state index contributed by atoms with van der Waals surface area (Å²) in [4.78, 5) is 14.9. The van der Waals surface area contributed by atoms with Crippen LogP contribution < -0.4 is 0 Å². The molecule has 2 heterocycles. The monoisotopic (exact) mass is 681 g/mol. The van der Waals surface area contributed by atoms with Crippen LogP contribution in [0, 0.1) is 0 Å². The number of para-hydroxylation sites is 1. The lowest BCUT2D eigenvalue weighted by atomic mass is 9.94. The minimum atomic E-state index is 0.405. The highest BCUT2D eigenvalue weighted by atomic mass is 16.3. The van der Waals surface area contributed by atoms with Crippen LogP contribution in [-0.2, 0) is 6.54 Å². The first-order chi connectivity index (χ1) is 26.2. The summed E-state index contributed by atoms with van der Waals surface area (Å²) in [6, 6.07) is 56.0. The Morgan fingerprint density at radius 2 is 1.06 bits per heavy atom. The van der Waals surface area contributed by atoms with Crippen LogP contribution in [-0.4, -0.2) is 18.4 Å². The van der Waals surface area contributed by atoms with Crippen LogP contribution in [0.25, 0.3) is 76.5 Å². The average molecular weight is 682 g/mol. The fourth-order valence-corrected chi connectivity index (χ4v) is 7.76. The number of amidine groups is 2. The van der Waals surface area contributed by atoms with Gasteiger partial charge in [0.1, 0.15) is 22.3 Å². The summed E-state index contributed by atoms with van der Waals surface area (Å²) in [6.07, 6.45) is 0. The summed E-state index contributed by atoms with van der Waals surface area (Å²) in [6.45, 7) is 4.32. The van der Waals surface area contributed by atoms with E-state index in [1.807, 2.05) is 72.8 Å². The molecule has 0 atom stereocenters. The standard InChI is InChI=1S/C48H31N3O2/c1-49-47(30-14-3-2-4-15-30)51-48(50-29-32-28-31-16-5-6-17-33(31)35-19-8-7-18-34(32)35)39-23-13-27-43-46(39)45-37(22-12-26-42(45)53-43)36-21-11-25-41-44(36)38-20-9-10-24-40(38)52-41/h2-28H,1,29H2/b50-48-,51-47-. The van der Waals surface area contributed by atoms with Crippen molar-refractivity contribution in [2.75, 3.05) is 0 Å². The molecule has 0 saturated heterocycles. The zero-order valence-corrected chi connectivity index (χ0v) is 28.7. The first-order valence-corrected chi connectivity index (χ1v) is 17.6. The number of hydrogen-bond acceptors (Lipinski definition) is 3. The Labute approximate surface area is 304 Å². The normalized spacial score (nSPS) is 12.5. The van der Waals surface area contributed by atoms with Crippen molar-refractivity contribution in [3.05, 3.63) is 180 Å². The lowest BCUT2D eigenvalue weighted by Crippen LogP contribution is -2.06. The molecular weight excluding hydrogens is 651 g/mol. The second-order valence-electron chi connectivity index (χ2n) is 13.1. The highest BCUT2D eigenvalue weighted by molar-refractivity contribution is 6.25. The number of aliphatic imine (C=N–C) groups is 3. The minimum absolute atomic E-state index is 0.405. The van der Waals surface area contributed by atoms with Crippen LogP contribution in [0.2, 0.25) is 0 Å². The number of hydrogen-bond donors (Lipinski definition) is 0. The van der Waals surface area contributed by atoms with Gasteiger partial charge in [0, 0.05) is 32.7 Å². The third-order valence-corrected chi connectivity index (χ3v) is 10.1. The lowest BCUT2D eigenvalue weighted by Gasteiger charge is -2.11. The highest BCUT2D eigenvalue weighted by Crippen LogP contribution is 2.43. The second-order valence-corrected chi connectivity index (χ2v) is 13.1. The van der Waals surface area contributed by atoms with Crippen LogP contribution in [0.15, 0.2) is 188 Å². The Hall–Kier alpha value is -7.11. The van der Waals surface area contributed by atoms with E-state index < -0.39 is 0 Å². The van der Waals surface area contributed by atoms with Crippen molar-refractivity contribution < 1.29 is 8.83 Å². The first kappa shape index (κ1) is 30.7. The highest BCUT2D eigenvalue weighted by Gasteiger charge is 2.21. The summed E-state index contributed by atoms with van der Waals surface area (Å²) in [7, 11) is 0. The molecule has 10 aromatic rings. The van der Waals surface area contributed by atoms with Gasteiger partial charge in [0.15, 0.2) is 11.7 Å². The second kappa shape index (κ2) is 12.6. The Morgan fingerprint density at radius 3 is 1.85 bits per heavy atom. The summed E-state index contributed by atoms with van der Waals surface area (Å²) < 4.78 is 12.9. The van der Waals surface area contributed by atoms with Crippen LogP contribution >= 0.6 is 0 Å². The molecule has 0 saturated carbocycles. The molecular formula is C48H31N3O2. The summed E-state index contributed by atoms with van der Waals surface area (Å²) in [5.41, 5.74) is 8.16. The maximum Gasteiger partial charge on any atom is 0.161 e. The molecule has 0 N–H and O–H groups in total. The third-order valence-electron chi connectivity index (χ3n) is 10.1. The Morgan fingerprint density at radius 1 is 0.472 bits per heavy atom. The molecule has 0 aliphatic heterocycles. The molecule has 0 unspecified atom stereocenters. The molecule has 2 aromatic heterocycles. The largest absolute Gasteiger partial charge is 0.456 e. The molecule has 0 amide bonds. The van der Waals surface area contributed by atoms with E-state index in [2.05, 4.69) is 103 Å². The van der Waals surface area contributed by atoms with Gasteiger partial charge in [-0.25, -0.2) is 9.98 Å². The zero-order valence-electron chi connectivity index (χ0n) is 28.7. The van der Waals surface area contributed by atoms with Crippen molar-refractivity contribution in [2.24, 2.45) is 15.0 Å². The number of rotatable bonds is 5. The molecule has 10 rings (SSSR count). The maximum atomic E-state index is 6.61. The van der Waals surface area contributed by atoms with Crippen molar-refractivity contribution in [3.63, 3.8) is 0 Å². The van der Waals surface area contributed by atoms with Gasteiger partial charge in [-0.2, -0.15) is 0 Å². The van der Waals surface area contributed by atoms with Crippen molar-refractivity contribution in [1.29, 1.82) is 0 Å². The van der Waals surface area contributed by atoms with E-state index in [1.165, 1.54) is 16.2 Å². The molecule has 0 spiro atoms. The van der Waals surface area contributed by atoms with Crippen LogP contribution in [0.4, 0.5) is 0 Å². The van der Waals surface area contributed by atoms with Gasteiger partial charge in [-0.15, -0.1) is 0 Å². The first-order valence-electron chi connectivity index (χ1n) is 17.6. The van der Waals surface area contributed by atoms with E-state index in [-0.39, 0.29) is 0 Å². The smallest absolute Gasteiger partial charge is 0.161 e. The Bertz CT molecular complexity index is 3110. The number of benzene rings is 8. The van der Waals surface area contributed by atoms with Gasteiger partial charge in [0.2, 0.25) is 0 Å². The van der Waals surface area contributed by atoms with E-state index in [0.29, 0.717) is 18.2 Å². The van der Waals surface area contributed by atoms with E-state index >= 15 is 0 Å². The summed E-state index contributed by atoms with van der Waals surface area (Å²) in [5, 5.41) is 8.83. The summed E-state index contributed by atoms with van der Waals surface area (Å²) in [5.74, 6) is 1.04. The van der Waals surface area contributed by atoms with Crippen molar-refractivity contribution >= 4 is 83.8 Å². The Kier molecular flexibility index (Phi) is 7.29. The van der Waals surface area contributed by atoms with Crippen molar-refractivity contribution in [3.8, 4) is 11.1 Å². The number of nitrogens with zero attached hydrogens (tertiary/aromatic N) is 3. The average Bonchev–Trinajstić information content (AvgIpc) is 3.80. The minimum Gasteiger partial charge on any atom is -0.456 e. The van der Waals surface area contributed by atoms with E-state index in [1.54, 1.807) is 0 Å². The lowest BCUT2D eigenvalue weighted by molar-refractivity contribution is 0.668.